The Labute approximate surface area is 119 Å². The van der Waals surface area contributed by atoms with Gasteiger partial charge in [-0.3, -0.25) is 0 Å². The van der Waals surface area contributed by atoms with Gasteiger partial charge in [-0.15, -0.1) is 0 Å². The van der Waals surface area contributed by atoms with Crippen molar-refractivity contribution >= 4 is 15.9 Å². The minimum absolute atomic E-state index is 0.733. The molecule has 0 aliphatic heterocycles. The molecule has 98 valence electrons. The van der Waals surface area contributed by atoms with Crippen LogP contribution in [0.3, 0.4) is 0 Å². The van der Waals surface area contributed by atoms with Crippen LogP contribution >= 0.6 is 15.9 Å². The fourth-order valence-corrected chi connectivity index (χ4v) is 4.16. The van der Waals surface area contributed by atoms with Gasteiger partial charge < -0.3 is 0 Å². The molecule has 2 atom stereocenters. The van der Waals surface area contributed by atoms with Crippen LogP contribution in [0.1, 0.15) is 74.3 Å². The van der Waals surface area contributed by atoms with E-state index in [1.165, 1.54) is 51.4 Å². The van der Waals surface area contributed by atoms with Crippen molar-refractivity contribution in [3.8, 4) is 0 Å². The van der Waals surface area contributed by atoms with Crippen molar-refractivity contribution in [2.75, 3.05) is 0 Å². The second-order valence-electron chi connectivity index (χ2n) is 6.11. The van der Waals surface area contributed by atoms with Gasteiger partial charge in [0.15, 0.2) is 0 Å². The van der Waals surface area contributed by atoms with E-state index in [0.29, 0.717) is 0 Å². The van der Waals surface area contributed by atoms with E-state index in [4.69, 9.17) is 0 Å². The third kappa shape index (κ3) is 2.82. The number of benzene rings is 1. The molecule has 0 radical (unpaired) electrons. The van der Waals surface area contributed by atoms with Crippen molar-refractivity contribution in [3.05, 3.63) is 35.4 Å². The first-order valence-corrected chi connectivity index (χ1v) is 8.48. The Morgan fingerprint density at radius 1 is 0.722 bits per heavy atom. The zero-order valence-corrected chi connectivity index (χ0v) is 12.7. The zero-order valence-electron chi connectivity index (χ0n) is 11.1. The summed E-state index contributed by atoms with van der Waals surface area (Å²) in [6.07, 6.45) is 11.1. The highest BCUT2D eigenvalue weighted by atomic mass is 79.9. The average Bonchev–Trinajstić information content (AvgIpc) is 2.53. The van der Waals surface area contributed by atoms with E-state index in [1.807, 2.05) is 0 Å². The summed E-state index contributed by atoms with van der Waals surface area (Å²) in [5.74, 6) is 1.66. The molecule has 2 aliphatic rings. The summed E-state index contributed by atoms with van der Waals surface area (Å²) in [6, 6.07) is 9.60. The fraction of sp³-hybridized carbons (Fsp3) is 0.647. The predicted molar refractivity (Wildman–Crippen MR) is 81.6 cm³/mol. The van der Waals surface area contributed by atoms with Crippen molar-refractivity contribution in [1.82, 2.24) is 0 Å². The summed E-state index contributed by atoms with van der Waals surface area (Å²) in [6.45, 7) is 0. The number of rotatable bonds is 2. The molecule has 2 aliphatic carbocycles. The molecule has 0 saturated heterocycles. The topological polar surface area (TPSA) is 0 Å². The maximum Gasteiger partial charge on any atom is 0.0151 e. The monoisotopic (exact) mass is 306 g/mol. The lowest BCUT2D eigenvalue weighted by atomic mass is 9.79. The van der Waals surface area contributed by atoms with Crippen LogP contribution in [0, 0.1) is 0 Å². The van der Waals surface area contributed by atoms with E-state index in [1.54, 1.807) is 11.1 Å². The molecular formula is C17H23Br. The normalized spacial score (nSPS) is 29.6. The highest BCUT2D eigenvalue weighted by Gasteiger charge is 2.22. The highest BCUT2D eigenvalue weighted by Crippen LogP contribution is 2.38. The van der Waals surface area contributed by atoms with Crippen LogP contribution < -0.4 is 0 Å². The van der Waals surface area contributed by atoms with Crippen LogP contribution in [0.4, 0.5) is 0 Å². The van der Waals surface area contributed by atoms with Crippen molar-refractivity contribution in [3.63, 3.8) is 0 Å². The molecule has 0 N–H and O–H groups in total. The van der Waals surface area contributed by atoms with Gasteiger partial charge in [-0.1, -0.05) is 59.5 Å². The molecule has 1 heteroatoms. The van der Waals surface area contributed by atoms with Crippen LogP contribution in [0.2, 0.25) is 0 Å². The van der Waals surface area contributed by atoms with Gasteiger partial charge in [0.05, 0.1) is 0 Å². The van der Waals surface area contributed by atoms with Crippen LogP contribution in [0.25, 0.3) is 0 Å². The van der Waals surface area contributed by atoms with E-state index in [2.05, 4.69) is 40.2 Å². The minimum atomic E-state index is 0.733. The quantitative estimate of drug-likeness (QED) is 0.481. The minimum Gasteiger partial charge on any atom is -0.0890 e. The van der Waals surface area contributed by atoms with Crippen LogP contribution in [-0.4, -0.2) is 4.83 Å². The van der Waals surface area contributed by atoms with Crippen LogP contribution in [-0.2, 0) is 0 Å². The van der Waals surface area contributed by atoms with Gasteiger partial charge in [0.2, 0.25) is 0 Å². The van der Waals surface area contributed by atoms with Crippen molar-refractivity contribution in [2.24, 2.45) is 0 Å². The molecule has 1 aromatic rings. The Kier molecular flexibility index (Phi) is 4.08. The molecule has 1 aromatic carbocycles. The smallest absolute Gasteiger partial charge is 0.0151 e. The summed E-state index contributed by atoms with van der Waals surface area (Å²) in [4.78, 5) is 0.733. The predicted octanol–water partition coefficient (Wildman–Crippen LogP) is 5.77. The third-order valence-electron chi connectivity index (χ3n) is 4.84. The molecular weight excluding hydrogens is 284 g/mol. The Balaban J connectivity index is 1.70. The lowest BCUT2D eigenvalue weighted by Crippen LogP contribution is -2.09. The van der Waals surface area contributed by atoms with Gasteiger partial charge in [0.1, 0.15) is 0 Å². The van der Waals surface area contributed by atoms with E-state index >= 15 is 0 Å². The molecule has 0 amide bonds. The number of hydrogen-bond acceptors (Lipinski definition) is 0. The summed E-state index contributed by atoms with van der Waals surface area (Å²) >= 11 is 3.83. The molecule has 2 saturated carbocycles. The molecule has 0 spiro atoms. The Hall–Kier alpha value is -0.300. The van der Waals surface area contributed by atoms with Crippen molar-refractivity contribution in [1.29, 1.82) is 0 Å². The van der Waals surface area contributed by atoms with E-state index in [9.17, 15) is 0 Å². The second-order valence-corrected chi connectivity index (χ2v) is 7.40. The van der Waals surface area contributed by atoms with Gasteiger partial charge >= 0.3 is 0 Å². The SMILES string of the molecule is BrC1CCCCC(c2ccc(C3CCC3)cc2)C1. The summed E-state index contributed by atoms with van der Waals surface area (Å²) in [7, 11) is 0. The Morgan fingerprint density at radius 3 is 1.89 bits per heavy atom. The standard InChI is InChI=1S/C17H23Br/c18-17-7-2-1-4-16(12-17)15-10-8-14(9-11-15)13-5-3-6-13/h8-11,13,16-17H,1-7,12H2. The van der Waals surface area contributed by atoms with Gasteiger partial charge in [0, 0.05) is 4.83 Å². The number of halogens is 1. The molecule has 0 aromatic heterocycles. The molecule has 0 bridgehead atoms. The number of alkyl halides is 1. The van der Waals surface area contributed by atoms with Gasteiger partial charge in [-0.25, -0.2) is 0 Å². The zero-order chi connectivity index (χ0) is 12.4. The summed E-state index contributed by atoms with van der Waals surface area (Å²) in [5, 5.41) is 0. The van der Waals surface area contributed by atoms with Gasteiger partial charge in [-0.05, 0) is 55.1 Å². The first-order valence-electron chi connectivity index (χ1n) is 7.57. The molecule has 18 heavy (non-hydrogen) atoms. The molecule has 2 fully saturated rings. The summed E-state index contributed by atoms with van der Waals surface area (Å²) < 4.78 is 0. The maximum absolute atomic E-state index is 3.83. The molecule has 0 heterocycles. The maximum atomic E-state index is 3.83. The van der Waals surface area contributed by atoms with E-state index in [0.717, 1.165) is 16.7 Å². The molecule has 2 unspecified atom stereocenters. The first-order chi connectivity index (χ1) is 8.83. The van der Waals surface area contributed by atoms with Crippen molar-refractivity contribution < 1.29 is 0 Å². The highest BCUT2D eigenvalue weighted by molar-refractivity contribution is 9.09. The second kappa shape index (κ2) is 5.77. The van der Waals surface area contributed by atoms with Crippen LogP contribution in [0.5, 0.6) is 0 Å². The van der Waals surface area contributed by atoms with Gasteiger partial charge in [-0.2, -0.15) is 0 Å². The van der Waals surface area contributed by atoms with Crippen LogP contribution in [0.15, 0.2) is 24.3 Å². The van der Waals surface area contributed by atoms with E-state index < -0.39 is 0 Å². The largest absolute Gasteiger partial charge is 0.0890 e. The number of hydrogen-bond donors (Lipinski definition) is 0. The average molecular weight is 307 g/mol. The Morgan fingerprint density at radius 2 is 1.28 bits per heavy atom. The fourth-order valence-electron chi connectivity index (χ4n) is 3.39. The first kappa shape index (κ1) is 12.7. The third-order valence-corrected chi connectivity index (χ3v) is 5.68. The van der Waals surface area contributed by atoms with E-state index in [-0.39, 0.29) is 0 Å². The Bertz CT molecular complexity index is 377. The van der Waals surface area contributed by atoms with Crippen molar-refractivity contribution in [2.45, 2.75) is 68.0 Å². The van der Waals surface area contributed by atoms with Gasteiger partial charge in [0.25, 0.3) is 0 Å². The lowest BCUT2D eigenvalue weighted by Gasteiger charge is -2.26. The lowest BCUT2D eigenvalue weighted by molar-refractivity contribution is 0.419. The molecule has 0 nitrogen and oxygen atoms in total. The summed E-state index contributed by atoms with van der Waals surface area (Å²) in [5.41, 5.74) is 3.15. The molecule has 3 rings (SSSR count).